The number of allylic oxidation sites excluding steroid dienone is 2. The van der Waals surface area contributed by atoms with Crippen LogP contribution in [0.1, 0.15) is 63.8 Å². The van der Waals surface area contributed by atoms with Crippen molar-refractivity contribution in [2.24, 2.45) is 21.5 Å². The number of anilines is 1. The van der Waals surface area contributed by atoms with Gasteiger partial charge in [-0.3, -0.25) is 9.98 Å². The molecule has 8 heteroatoms. The van der Waals surface area contributed by atoms with Crippen molar-refractivity contribution in [1.82, 2.24) is 4.98 Å². The van der Waals surface area contributed by atoms with Crippen molar-refractivity contribution in [3.8, 4) is 5.75 Å². The first-order valence-electron chi connectivity index (χ1n) is 11.3. The van der Waals surface area contributed by atoms with E-state index in [1.165, 1.54) is 18.3 Å². The average Bonchev–Trinajstić information content (AvgIpc) is 2.78. The molecule has 1 aliphatic heterocycles. The van der Waals surface area contributed by atoms with E-state index < -0.39 is 11.9 Å². The summed E-state index contributed by atoms with van der Waals surface area (Å²) in [5.41, 5.74) is 23.1. The number of pyridine rings is 1. The molecule has 0 aliphatic carbocycles. The molecule has 0 saturated heterocycles. The molecule has 1 aromatic carbocycles. The van der Waals surface area contributed by atoms with Crippen molar-refractivity contribution < 1.29 is 9.13 Å². The van der Waals surface area contributed by atoms with Crippen molar-refractivity contribution in [2.75, 3.05) is 12.3 Å². The molecular weight excluding hydrogens is 431 g/mol. The SMILES string of the molecule is CCN=C1C(=CN)CC(C=NC(C)(C)C)=C(N)c2ccc(F)cc2C(C)Oc2cc1cnc2N. The van der Waals surface area contributed by atoms with Crippen molar-refractivity contribution in [2.45, 2.75) is 52.7 Å². The summed E-state index contributed by atoms with van der Waals surface area (Å²) in [6, 6.07) is 6.24. The predicted molar refractivity (Wildman–Crippen MR) is 137 cm³/mol. The highest BCUT2D eigenvalue weighted by molar-refractivity contribution is 6.13. The Morgan fingerprint density at radius 3 is 2.62 bits per heavy atom. The van der Waals surface area contributed by atoms with Crippen molar-refractivity contribution in [3.63, 3.8) is 0 Å². The molecule has 7 nitrogen and oxygen atoms in total. The van der Waals surface area contributed by atoms with Gasteiger partial charge >= 0.3 is 0 Å². The maximum Gasteiger partial charge on any atom is 0.166 e. The van der Waals surface area contributed by atoms with Gasteiger partial charge in [-0.25, -0.2) is 9.37 Å². The lowest BCUT2D eigenvalue weighted by Crippen LogP contribution is -2.17. The van der Waals surface area contributed by atoms with Crippen LogP contribution in [0.15, 0.2) is 57.8 Å². The summed E-state index contributed by atoms with van der Waals surface area (Å²) in [6.45, 7) is 10.3. The maximum absolute atomic E-state index is 14.3. The van der Waals surface area contributed by atoms with E-state index >= 15 is 0 Å². The zero-order valence-electron chi connectivity index (χ0n) is 20.4. The second kappa shape index (κ2) is 10.1. The van der Waals surface area contributed by atoms with Gasteiger partial charge in [-0.15, -0.1) is 0 Å². The lowest BCUT2D eigenvalue weighted by Gasteiger charge is -2.23. The van der Waals surface area contributed by atoms with Gasteiger partial charge in [0.15, 0.2) is 11.6 Å². The van der Waals surface area contributed by atoms with Gasteiger partial charge < -0.3 is 21.9 Å². The van der Waals surface area contributed by atoms with E-state index in [0.29, 0.717) is 46.8 Å². The van der Waals surface area contributed by atoms with Crippen LogP contribution in [0.25, 0.3) is 5.70 Å². The number of nitrogens with two attached hydrogens (primary N) is 3. The average molecular weight is 465 g/mol. The van der Waals surface area contributed by atoms with E-state index in [1.54, 1.807) is 24.5 Å². The second-order valence-electron chi connectivity index (χ2n) is 9.16. The number of aromatic nitrogens is 1. The number of hydrogen-bond acceptors (Lipinski definition) is 7. The van der Waals surface area contributed by atoms with Gasteiger partial charge in [0.1, 0.15) is 11.9 Å². The molecule has 6 N–H and O–H groups in total. The Morgan fingerprint density at radius 1 is 1.24 bits per heavy atom. The zero-order chi connectivity index (χ0) is 25.0. The first-order chi connectivity index (χ1) is 16.0. The number of ether oxygens (including phenoxy) is 1. The summed E-state index contributed by atoms with van der Waals surface area (Å²) >= 11 is 0. The number of benzene rings is 1. The number of nitrogens with zero attached hydrogens (tertiary/aromatic N) is 3. The first kappa shape index (κ1) is 25.0. The van der Waals surface area contributed by atoms with Crippen LogP contribution < -0.4 is 21.9 Å². The first-order valence-corrected chi connectivity index (χ1v) is 11.3. The van der Waals surface area contributed by atoms with E-state index in [4.69, 9.17) is 21.9 Å². The van der Waals surface area contributed by atoms with Crippen LogP contribution in [-0.4, -0.2) is 29.0 Å². The Kier molecular flexibility index (Phi) is 7.39. The molecule has 0 saturated carbocycles. The largest absolute Gasteiger partial charge is 0.482 e. The van der Waals surface area contributed by atoms with Gasteiger partial charge in [0.05, 0.1) is 11.3 Å². The van der Waals surface area contributed by atoms with Crippen molar-refractivity contribution >= 4 is 23.4 Å². The third-order valence-corrected chi connectivity index (χ3v) is 5.36. The molecule has 1 unspecified atom stereocenters. The summed E-state index contributed by atoms with van der Waals surface area (Å²) in [4.78, 5) is 13.7. The minimum absolute atomic E-state index is 0.223. The number of halogens is 1. The highest BCUT2D eigenvalue weighted by Gasteiger charge is 2.22. The molecule has 3 rings (SSSR count). The van der Waals surface area contributed by atoms with Crippen LogP contribution in [0.2, 0.25) is 0 Å². The fraction of sp³-hybridized carbons (Fsp3) is 0.346. The monoisotopic (exact) mass is 464 g/mol. The Hall–Kier alpha value is -3.68. The molecular formula is C26H33FN6O. The quantitative estimate of drug-likeness (QED) is 0.563. The van der Waals surface area contributed by atoms with E-state index in [9.17, 15) is 4.39 Å². The molecule has 0 spiro atoms. The van der Waals surface area contributed by atoms with E-state index in [2.05, 4.69) is 15.0 Å². The molecule has 2 heterocycles. The smallest absolute Gasteiger partial charge is 0.166 e. The third kappa shape index (κ3) is 5.62. The van der Waals surface area contributed by atoms with Crippen molar-refractivity contribution in [3.05, 3.63) is 70.3 Å². The molecule has 0 radical (unpaired) electrons. The van der Waals surface area contributed by atoms with Gasteiger partial charge in [-0.1, -0.05) is 0 Å². The van der Waals surface area contributed by atoms with Gasteiger partial charge in [0, 0.05) is 47.8 Å². The van der Waals surface area contributed by atoms with Crippen LogP contribution in [0.4, 0.5) is 10.2 Å². The van der Waals surface area contributed by atoms with Crippen LogP contribution in [0.3, 0.4) is 0 Å². The lowest BCUT2D eigenvalue weighted by molar-refractivity contribution is 0.226. The highest BCUT2D eigenvalue weighted by atomic mass is 19.1. The van der Waals surface area contributed by atoms with Crippen molar-refractivity contribution in [1.29, 1.82) is 0 Å². The Bertz CT molecular complexity index is 1190. The van der Waals surface area contributed by atoms with Crippen LogP contribution in [-0.2, 0) is 0 Å². The number of nitrogen functional groups attached to an aromatic ring is 1. The second-order valence-corrected chi connectivity index (χ2v) is 9.16. The molecule has 2 aromatic rings. The number of aliphatic imine (C=N–C) groups is 2. The van der Waals surface area contributed by atoms with E-state index in [-0.39, 0.29) is 11.4 Å². The molecule has 1 aliphatic rings. The molecule has 1 atom stereocenters. The Morgan fingerprint density at radius 2 is 1.97 bits per heavy atom. The molecule has 2 bridgehead atoms. The van der Waals surface area contributed by atoms with Crippen LogP contribution in [0, 0.1) is 5.82 Å². The molecule has 34 heavy (non-hydrogen) atoms. The van der Waals surface area contributed by atoms with Gasteiger partial charge in [0.2, 0.25) is 0 Å². The highest BCUT2D eigenvalue weighted by Crippen LogP contribution is 2.34. The summed E-state index contributed by atoms with van der Waals surface area (Å²) in [5.74, 6) is 0.207. The number of fused-ring (bicyclic) bond motifs is 3. The zero-order valence-corrected chi connectivity index (χ0v) is 20.4. The third-order valence-electron chi connectivity index (χ3n) is 5.36. The molecule has 180 valence electrons. The number of hydrogen-bond donors (Lipinski definition) is 3. The summed E-state index contributed by atoms with van der Waals surface area (Å²) < 4.78 is 20.4. The predicted octanol–water partition coefficient (Wildman–Crippen LogP) is 4.54. The van der Waals surface area contributed by atoms with E-state index in [1.807, 2.05) is 34.6 Å². The minimum atomic E-state index is -0.556. The summed E-state index contributed by atoms with van der Waals surface area (Å²) in [5, 5.41) is 0. The van der Waals surface area contributed by atoms with E-state index in [0.717, 1.165) is 11.1 Å². The summed E-state index contributed by atoms with van der Waals surface area (Å²) in [7, 11) is 0. The molecule has 0 fully saturated rings. The Balaban J connectivity index is 2.34. The van der Waals surface area contributed by atoms with Crippen LogP contribution in [0.5, 0.6) is 5.75 Å². The van der Waals surface area contributed by atoms with Gasteiger partial charge in [-0.2, -0.15) is 0 Å². The Labute approximate surface area is 200 Å². The fourth-order valence-electron chi connectivity index (χ4n) is 3.67. The standard InChI is InChI=1S/C26H33FN6O/c1-6-31-24-16(12-28)9-17(14-33-26(3,4)5)23(29)20-8-7-19(27)11-21(20)15(2)34-22-10-18(24)13-32-25(22)30/h7-8,10-15H,6,9,28-29H2,1-5H3,(H2,30,32). The normalized spacial score (nSPS) is 19.6. The van der Waals surface area contributed by atoms with Gasteiger partial charge in [-0.05, 0) is 76.2 Å². The minimum Gasteiger partial charge on any atom is -0.482 e. The molecule has 1 aromatic heterocycles. The number of rotatable bonds is 2. The lowest BCUT2D eigenvalue weighted by atomic mass is 9.92. The van der Waals surface area contributed by atoms with Gasteiger partial charge in [0.25, 0.3) is 0 Å². The topological polar surface area (TPSA) is 125 Å². The molecule has 0 amide bonds. The summed E-state index contributed by atoms with van der Waals surface area (Å²) in [6.07, 6.45) is 4.73. The van der Waals surface area contributed by atoms with Crippen LogP contribution >= 0.6 is 0 Å². The fourth-order valence-corrected chi connectivity index (χ4v) is 3.67. The maximum atomic E-state index is 14.3.